The summed E-state index contributed by atoms with van der Waals surface area (Å²) in [7, 11) is 1.70. The Bertz CT molecular complexity index is 507. The van der Waals surface area contributed by atoms with E-state index < -0.39 is 0 Å². The van der Waals surface area contributed by atoms with E-state index in [1.807, 2.05) is 18.3 Å². The smallest absolute Gasteiger partial charge is 0.119 e. The molecule has 0 amide bonds. The van der Waals surface area contributed by atoms with Crippen LogP contribution in [0.3, 0.4) is 0 Å². The molecule has 90 valence electrons. The lowest BCUT2D eigenvalue weighted by Gasteiger charge is -2.11. The number of fused-ring (bicyclic) bond motifs is 1. The van der Waals surface area contributed by atoms with E-state index in [1.54, 1.807) is 7.11 Å². The molecule has 0 saturated heterocycles. The molecule has 0 aliphatic heterocycles. The van der Waals surface area contributed by atoms with Crippen molar-refractivity contribution < 1.29 is 4.74 Å². The number of hydrogen-bond acceptors (Lipinski definition) is 2. The molecule has 2 rings (SSSR count). The van der Waals surface area contributed by atoms with Crippen molar-refractivity contribution in [1.29, 1.82) is 0 Å². The summed E-state index contributed by atoms with van der Waals surface area (Å²) in [6, 6.07) is 8.19. The van der Waals surface area contributed by atoms with Gasteiger partial charge in [0.2, 0.25) is 0 Å². The number of nitrogens with zero attached hydrogens (tertiary/aromatic N) is 1. The molecule has 17 heavy (non-hydrogen) atoms. The number of aromatic nitrogens is 1. The molecule has 2 heteroatoms. The van der Waals surface area contributed by atoms with Crippen molar-refractivity contribution in [2.75, 3.05) is 7.11 Å². The molecule has 1 aromatic heterocycles. The molecule has 0 radical (unpaired) electrons. The summed E-state index contributed by atoms with van der Waals surface area (Å²) in [6.07, 6.45) is 4.20. The predicted molar refractivity (Wildman–Crippen MR) is 71.5 cm³/mol. The normalized spacial score (nSPS) is 12.6. The van der Waals surface area contributed by atoms with Crippen LogP contribution in [0, 0.1) is 5.92 Å². The largest absolute Gasteiger partial charge is 0.497 e. The van der Waals surface area contributed by atoms with Crippen LogP contribution in [-0.2, 0) is 6.42 Å². The molecule has 0 unspecified atom stereocenters. The molecule has 1 atom stereocenters. The van der Waals surface area contributed by atoms with Crippen LogP contribution in [0.25, 0.3) is 10.9 Å². The first-order chi connectivity index (χ1) is 8.24. The molecule has 2 aromatic rings. The lowest BCUT2D eigenvalue weighted by molar-refractivity contribution is 0.415. The number of hydrogen-bond donors (Lipinski definition) is 0. The Labute approximate surface area is 103 Å². The Kier molecular flexibility index (Phi) is 3.62. The van der Waals surface area contributed by atoms with Gasteiger partial charge in [0.05, 0.1) is 12.6 Å². The van der Waals surface area contributed by atoms with Gasteiger partial charge in [-0.2, -0.15) is 0 Å². The molecular formula is C15H19NO. The van der Waals surface area contributed by atoms with Gasteiger partial charge in [0.1, 0.15) is 5.75 Å². The van der Waals surface area contributed by atoms with Gasteiger partial charge in [-0.25, -0.2) is 0 Å². The van der Waals surface area contributed by atoms with E-state index in [0.717, 1.165) is 17.7 Å². The zero-order valence-corrected chi connectivity index (χ0v) is 10.7. The van der Waals surface area contributed by atoms with Crippen molar-refractivity contribution in [3.05, 3.63) is 36.0 Å². The fourth-order valence-corrected chi connectivity index (χ4v) is 2.01. The maximum atomic E-state index is 5.28. The van der Waals surface area contributed by atoms with E-state index in [1.165, 1.54) is 17.4 Å². The fourth-order valence-electron chi connectivity index (χ4n) is 2.01. The molecule has 0 bridgehead atoms. The molecule has 0 spiro atoms. The van der Waals surface area contributed by atoms with Gasteiger partial charge < -0.3 is 4.74 Å². The van der Waals surface area contributed by atoms with Crippen molar-refractivity contribution in [3.63, 3.8) is 0 Å². The molecule has 0 aliphatic rings. The topological polar surface area (TPSA) is 22.1 Å². The minimum Gasteiger partial charge on any atom is -0.497 e. The highest BCUT2D eigenvalue weighted by Gasteiger charge is 2.07. The Morgan fingerprint density at radius 2 is 2.12 bits per heavy atom. The van der Waals surface area contributed by atoms with E-state index in [0.29, 0.717) is 5.92 Å². The standard InChI is InChI=1S/C15H19NO/c1-4-11(2)9-12-7-8-16-15-6-5-13(17-3)10-14(12)15/h5-8,10-11H,4,9H2,1-3H3/t11-/m0/s1. The summed E-state index contributed by atoms with van der Waals surface area (Å²) in [5, 5.41) is 1.21. The molecule has 1 aromatic carbocycles. The van der Waals surface area contributed by atoms with E-state index in [-0.39, 0.29) is 0 Å². The first kappa shape index (κ1) is 11.9. The van der Waals surface area contributed by atoms with Crippen molar-refractivity contribution >= 4 is 10.9 Å². The number of benzene rings is 1. The molecule has 0 saturated carbocycles. The highest BCUT2D eigenvalue weighted by molar-refractivity contribution is 5.83. The third-order valence-electron chi connectivity index (χ3n) is 3.30. The van der Waals surface area contributed by atoms with Crippen molar-refractivity contribution in [3.8, 4) is 5.75 Å². The van der Waals surface area contributed by atoms with E-state index >= 15 is 0 Å². The third kappa shape index (κ3) is 2.57. The summed E-state index contributed by atoms with van der Waals surface area (Å²) in [4.78, 5) is 4.39. The monoisotopic (exact) mass is 229 g/mol. The van der Waals surface area contributed by atoms with Gasteiger partial charge in [-0.1, -0.05) is 20.3 Å². The maximum absolute atomic E-state index is 5.28. The van der Waals surface area contributed by atoms with Gasteiger partial charge in [0, 0.05) is 11.6 Å². The molecule has 0 N–H and O–H groups in total. The minimum absolute atomic E-state index is 0.701. The number of pyridine rings is 1. The van der Waals surface area contributed by atoms with Gasteiger partial charge in [0.25, 0.3) is 0 Å². The Hall–Kier alpha value is -1.57. The van der Waals surface area contributed by atoms with Gasteiger partial charge in [-0.3, -0.25) is 4.98 Å². The van der Waals surface area contributed by atoms with Crippen molar-refractivity contribution in [2.45, 2.75) is 26.7 Å². The molecule has 2 nitrogen and oxygen atoms in total. The summed E-state index contributed by atoms with van der Waals surface area (Å²) < 4.78 is 5.28. The van der Waals surface area contributed by atoms with Crippen molar-refractivity contribution in [2.24, 2.45) is 5.92 Å². The Morgan fingerprint density at radius 1 is 1.29 bits per heavy atom. The van der Waals surface area contributed by atoms with Crippen molar-refractivity contribution in [1.82, 2.24) is 4.98 Å². The molecule has 1 heterocycles. The number of methoxy groups -OCH3 is 1. The summed E-state index contributed by atoms with van der Waals surface area (Å²) >= 11 is 0. The lowest BCUT2D eigenvalue weighted by atomic mass is 9.96. The Balaban J connectivity index is 2.46. The summed E-state index contributed by atoms with van der Waals surface area (Å²) in [5.74, 6) is 1.60. The zero-order chi connectivity index (χ0) is 12.3. The van der Waals surface area contributed by atoms with Crippen LogP contribution >= 0.6 is 0 Å². The van der Waals surface area contributed by atoms with E-state index in [2.05, 4.69) is 31.0 Å². The summed E-state index contributed by atoms with van der Waals surface area (Å²) in [6.45, 7) is 4.51. The third-order valence-corrected chi connectivity index (χ3v) is 3.30. The van der Waals surface area contributed by atoms with Gasteiger partial charge in [-0.05, 0) is 42.2 Å². The summed E-state index contributed by atoms with van der Waals surface area (Å²) in [5.41, 5.74) is 2.41. The average molecular weight is 229 g/mol. The second kappa shape index (κ2) is 5.17. The lowest BCUT2D eigenvalue weighted by Crippen LogP contribution is -1.99. The van der Waals surface area contributed by atoms with Crippen LogP contribution in [0.5, 0.6) is 5.75 Å². The average Bonchev–Trinajstić information content (AvgIpc) is 2.38. The first-order valence-corrected chi connectivity index (χ1v) is 6.16. The minimum atomic E-state index is 0.701. The SMILES string of the molecule is CC[C@H](C)Cc1ccnc2ccc(OC)cc12. The predicted octanol–water partition coefficient (Wildman–Crippen LogP) is 3.83. The van der Waals surface area contributed by atoms with Crippen LogP contribution in [0.4, 0.5) is 0 Å². The highest BCUT2D eigenvalue weighted by Crippen LogP contribution is 2.24. The second-order valence-corrected chi connectivity index (χ2v) is 4.57. The second-order valence-electron chi connectivity index (χ2n) is 4.57. The first-order valence-electron chi connectivity index (χ1n) is 6.16. The highest BCUT2D eigenvalue weighted by atomic mass is 16.5. The van der Waals surface area contributed by atoms with Gasteiger partial charge in [-0.15, -0.1) is 0 Å². The van der Waals surface area contributed by atoms with E-state index in [9.17, 15) is 0 Å². The fraction of sp³-hybridized carbons (Fsp3) is 0.400. The van der Waals surface area contributed by atoms with Gasteiger partial charge in [0.15, 0.2) is 0 Å². The van der Waals surface area contributed by atoms with E-state index in [4.69, 9.17) is 4.74 Å². The Morgan fingerprint density at radius 3 is 2.82 bits per heavy atom. The maximum Gasteiger partial charge on any atom is 0.119 e. The van der Waals surface area contributed by atoms with Crippen LogP contribution in [0.1, 0.15) is 25.8 Å². The van der Waals surface area contributed by atoms with Crippen LogP contribution in [-0.4, -0.2) is 12.1 Å². The van der Waals surface area contributed by atoms with Crippen LogP contribution < -0.4 is 4.74 Å². The zero-order valence-electron chi connectivity index (χ0n) is 10.7. The quantitative estimate of drug-likeness (QED) is 0.794. The molecule has 0 fully saturated rings. The van der Waals surface area contributed by atoms with Crippen LogP contribution in [0.15, 0.2) is 30.5 Å². The van der Waals surface area contributed by atoms with Crippen LogP contribution in [0.2, 0.25) is 0 Å². The number of rotatable bonds is 4. The molecular weight excluding hydrogens is 210 g/mol. The molecule has 0 aliphatic carbocycles. The van der Waals surface area contributed by atoms with Gasteiger partial charge >= 0.3 is 0 Å². The number of ether oxygens (including phenoxy) is 1.